The summed E-state index contributed by atoms with van der Waals surface area (Å²) in [5, 5.41) is 9.59. The van der Waals surface area contributed by atoms with Crippen LogP contribution in [0.2, 0.25) is 0 Å². The molecule has 102 valence electrons. The zero-order valence-corrected chi connectivity index (χ0v) is 11.5. The molecule has 0 amide bonds. The average Bonchev–Trinajstić information content (AvgIpc) is 3.17. The summed E-state index contributed by atoms with van der Waals surface area (Å²) in [6, 6.07) is 15.3. The molecule has 0 aliphatic carbocycles. The summed E-state index contributed by atoms with van der Waals surface area (Å²) >= 11 is 0. The van der Waals surface area contributed by atoms with Gasteiger partial charge in [0.05, 0.1) is 0 Å². The number of hydrogen-bond donors (Lipinski definition) is 1. The fourth-order valence-electron chi connectivity index (χ4n) is 2.50. The summed E-state index contributed by atoms with van der Waals surface area (Å²) in [7, 11) is 0. The third kappa shape index (κ3) is 1.91. The number of rotatable bonds is 3. The van der Waals surface area contributed by atoms with Crippen molar-refractivity contribution < 1.29 is 14.6 Å². The zero-order valence-electron chi connectivity index (χ0n) is 11.5. The minimum absolute atomic E-state index is 0.414. The minimum atomic E-state index is -1.23. The number of benzene rings is 2. The molecular weight excluding hydrogens is 252 g/mol. The van der Waals surface area contributed by atoms with Crippen molar-refractivity contribution in [3.63, 3.8) is 0 Å². The maximum atomic E-state index is 11.7. The molecule has 0 saturated carbocycles. The summed E-state index contributed by atoms with van der Waals surface area (Å²) in [5.41, 5.74) is 2.61. The second-order valence-electron chi connectivity index (χ2n) is 5.32. The highest BCUT2D eigenvalue weighted by Gasteiger charge is 2.65. The molecule has 1 N–H and O–H groups in total. The number of carboxylic acid groups (broad SMARTS) is 1. The van der Waals surface area contributed by atoms with E-state index in [0.717, 1.165) is 16.7 Å². The van der Waals surface area contributed by atoms with Crippen LogP contribution in [0.15, 0.2) is 48.5 Å². The third-order valence-corrected chi connectivity index (χ3v) is 3.79. The Morgan fingerprint density at radius 1 is 1.00 bits per heavy atom. The molecule has 2 aromatic rings. The van der Waals surface area contributed by atoms with Gasteiger partial charge in [0.15, 0.2) is 0 Å². The van der Waals surface area contributed by atoms with E-state index in [4.69, 9.17) is 4.74 Å². The van der Waals surface area contributed by atoms with Crippen LogP contribution in [-0.2, 0) is 15.1 Å². The molecule has 3 nitrogen and oxygen atoms in total. The van der Waals surface area contributed by atoms with Gasteiger partial charge >= 0.3 is 5.97 Å². The number of aliphatic carboxylic acids is 1. The molecule has 3 rings (SSSR count). The van der Waals surface area contributed by atoms with E-state index in [-0.39, 0.29) is 0 Å². The van der Waals surface area contributed by atoms with E-state index in [0.29, 0.717) is 5.56 Å². The lowest BCUT2D eigenvalue weighted by atomic mass is 9.91. The lowest BCUT2D eigenvalue weighted by Crippen LogP contribution is -2.22. The molecule has 3 heteroatoms. The largest absolute Gasteiger partial charge is 0.479 e. The summed E-state index contributed by atoms with van der Waals surface area (Å²) < 4.78 is 5.62. The van der Waals surface area contributed by atoms with Crippen molar-refractivity contribution in [3.8, 4) is 0 Å². The van der Waals surface area contributed by atoms with Gasteiger partial charge < -0.3 is 9.84 Å². The molecule has 1 fully saturated rings. The smallest absolute Gasteiger partial charge is 0.343 e. The van der Waals surface area contributed by atoms with E-state index in [2.05, 4.69) is 0 Å². The minimum Gasteiger partial charge on any atom is -0.479 e. The van der Waals surface area contributed by atoms with E-state index in [1.165, 1.54) is 0 Å². The van der Waals surface area contributed by atoms with E-state index >= 15 is 0 Å². The topological polar surface area (TPSA) is 49.8 Å². The van der Waals surface area contributed by atoms with Gasteiger partial charge in [0.2, 0.25) is 5.60 Å². The van der Waals surface area contributed by atoms with Crippen LogP contribution in [0.3, 0.4) is 0 Å². The van der Waals surface area contributed by atoms with E-state index < -0.39 is 17.7 Å². The predicted octanol–water partition coefficient (Wildman–Crippen LogP) is 3.35. The van der Waals surface area contributed by atoms with Gasteiger partial charge in [-0.05, 0) is 25.0 Å². The van der Waals surface area contributed by atoms with Crippen LogP contribution in [-0.4, -0.2) is 11.1 Å². The first-order valence-electron chi connectivity index (χ1n) is 6.59. The van der Waals surface area contributed by atoms with Gasteiger partial charge in [-0.1, -0.05) is 59.7 Å². The lowest BCUT2D eigenvalue weighted by Gasteiger charge is -2.09. The molecule has 2 aromatic carbocycles. The summed E-state index contributed by atoms with van der Waals surface area (Å²) in [6.07, 6.45) is -0.414. The van der Waals surface area contributed by atoms with Gasteiger partial charge in [0.25, 0.3) is 0 Å². The van der Waals surface area contributed by atoms with Gasteiger partial charge in [-0.15, -0.1) is 0 Å². The Kier molecular flexibility index (Phi) is 2.87. The first-order chi connectivity index (χ1) is 9.54. The fourth-order valence-corrected chi connectivity index (χ4v) is 2.50. The van der Waals surface area contributed by atoms with E-state index in [1.54, 1.807) is 0 Å². The Morgan fingerprint density at radius 2 is 1.50 bits per heavy atom. The van der Waals surface area contributed by atoms with Crippen molar-refractivity contribution in [3.05, 3.63) is 70.8 Å². The lowest BCUT2D eigenvalue weighted by molar-refractivity contribution is -0.143. The first kappa shape index (κ1) is 12.9. The quantitative estimate of drug-likeness (QED) is 0.868. The fraction of sp³-hybridized carbons (Fsp3) is 0.235. The first-order valence-corrected chi connectivity index (χ1v) is 6.59. The molecule has 1 aliphatic heterocycles. The Balaban J connectivity index is 1.98. The second-order valence-corrected chi connectivity index (χ2v) is 5.32. The van der Waals surface area contributed by atoms with Gasteiger partial charge in [0, 0.05) is 0 Å². The standard InChI is InChI=1S/C17H16O3/c1-11-3-7-13(8-4-11)15-17(20-15,16(18)19)14-9-5-12(2)6-10-14/h3-10,15H,1-2H3,(H,18,19). The molecule has 1 aliphatic rings. The zero-order chi connectivity index (χ0) is 14.3. The van der Waals surface area contributed by atoms with Crippen molar-refractivity contribution in [2.75, 3.05) is 0 Å². The highest BCUT2D eigenvalue weighted by Crippen LogP contribution is 2.57. The number of carbonyl (C=O) groups is 1. The third-order valence-electron chi connectivity index (χ3n) is 3.79. The van der Waals surface area contributed by atoms with Crippen molar-refractivity contribution in [1.82, 2.24) is 0 Å². The Morgan fingerprint density at radius 3 is 2.00 bits per heavy atom. The van der Waals surface area contributed by atoms with Crippen molar-refractivity contribution >= 4 is 5.97 Å². The van der Waals surface area contributed by atoms with Gasteiger partial charge in [-0.25, -0.2) is 4.79 Å². The van der Waals surface area contributed by atoms with Crippen LogP contribution < -0.4 is 0 Å². The summed E-state index contributed by atoms with van der Waals surface area (Å²) in [4.78, 5) is 11.7. The van der Waals surface area contributed by atoms with Gasteiger partial charge in [-0.2, -0.15) is 0 Å². The Hall–Kier alpha value is -2.13. The normalized spacial score (nSPS) is 24.4. The Bertz CT molecular complexity index is 643. The van der Waals surface area contributed by atoms with E-state index in [9.17, 15) is 9.90 Å². The molecular formula is C17H16O3. The number of aryl methyl sites for hydroxylation is 2. The number of ether oxygens (including phenoxy) is 1. The summed E-state index contributed by atoms with van der Waals surface area (Å²) in [5.74, 6) is -0.938. The molecule has 0 aromatic heterocycles. The molecule has 0 radical (unpaired) electrons. The van der Waals surface area contributed by atoms with Gasteiger partial charge in [-0.3, -0.25) is 0 Å². The van der Waals surface area contributed by atoms with E-state index in [1.807, 2.05) is 62.4 Å². The predicted molar refractivity (Wildman–Crippen MR) is 75.5 cm³/mol. The molecule has 1 saturated heterocycles. The van der Waals surface area contributed by atoms with Crippen molar-refractivity contribution in [2.45, 2.75) is 25.6 Å². The molecule has 2 unspecified atom stereocenters. The monoisotopic (exact) mass is 268 g/mol. The van der Waals surface area contributed by atoms with Crippen molar-refractivity contribution in [1.29, 1.82) is 0 Å². The van der Waals surface area contributed by atoms with Crippen LogP contribution in [0.5, 0.6) is 0 Å². The highest BCUT2D eigenvalue weighted by atomic mass is 16.6. The Labute approximate surface area is 117 Å². The average molecular weight is 268 g/mol. The molecule has 2 atom stereocenters. The number of carboxylic acids is 1. The molecule has 1 heterocycles. The van der Waals surface area contributed by atoms with Crippen molar-refractivity contribution in [2.24, 2.45) is 0 Å². The summed E-state index contributed by atoms with van der Waals surface area (Å²) in [6.45, 7) is 3.98. The van der Waals surface area contributed by atoms with Crippen LogP contribution in [0.1, 0.15) is 28.4 Å². The maximum absolute atomic E-state index is 11.7. The van der Waals surface area contributed by atoms with Crippen LogP contribution in [0.4, 0.5) is 0 Å². The molecule has 0 spiro atoms. The molecule has 0 bridgehead atoms. The van der Waals surface area contributed by atoms with Crippen LogP contribution >= 0.6 is 0 Å². The van der Waals surface area contributed by atoms with Crippen LogP contribution in [0, 0.1) is 13.8 Å². The van der Waals surface area contributed by atoms with Crippen LogP contribution in [0.25, 0.3) is 0 Å². The van der Waals surface area contributed by atoms with Gasteiger partial charge in [0.1, 0.15) is 6.10 Å². The highest BCUT2D eigenvalue weighted by molar-refractivity contribution is 5.84. The maximum Gasteiger partial charge on any atom is 0.343 e. The number of epoxide rings is 1. The number of hydrogen-bond acceptors (Lipinski definition) is 2. The second kappa shape index (κ2) is 4.46. The SMILES string of the molecule is Cc1ccc(C2OC2(C(=O)O)c2ccc(C)cc2)cc1. The molecule has 20 heavy (non-hydrogen) atoms.